The standard InChI is InChI=1S/C35H38N6/c1-26(31-23-13-19-29-18-11-12-22-32(29)31)36-33-38-34(37-30-20-9-4-10-21-30)40-35(39-33)41(24-27-14-5-2-6-15-27)25-28-16-7-3-8-17-28/h2-3,5-8,11-19,22-23,26,30H,4,9-10,20-21,24-25H2,1H3,(H2,36,37,38,39,40)/t26-/m0/s1. The lowest BCUT2D eigenvalue weighted by atomic mass is 9.96. The van der Waals surface area contributed by atoms with E-state index in [2.05, 4.69) is 126 Å². The van der Waals surface area contributed by atoms with Crippen molar-refractivity contribution in [2.45, 2.75) is 64.2 Å². The van der Waals surface area contributed by atoms with Crippen LogP contribution in [0.15, 0.2) is 103 Å². The molecule has 0 amide bonds. The minimum Gasteiger partial charge on any atom is -0.351 e. The van der Waals surface area contributed by atoms with Crippen molar-refractivity contribution in [3.05, 3.63) is 120 Å². The van der Waals surface area contributed by atoms with Gasteiger partial charge in [0.05, 0.1) is 6.04 Å². The predicted molar refractivity (Wildman–Crippen MR) is 169 cm³/mol. The van der Waals surface area contributed by atoms with E-state index in [0.717, 1.165) is 12.8 Å². The maximum Gasteiger partial charge on any atom is 0.232 e. The predicted octanol–water partition coefficient (Wildman–Crippen LogP) is 8.15. The van der Waals surface area contributed by atoms with Crippen molar-refractivity contribution in [1.29, 1.82) is 0 Å². The molecule has 4 aromatic carbocycles. The zero-order valence-electron chi connectivity index (χ0n) is 23.7. The summed E-state index contributed by atoms with van der Waals surface area (Å²) < 4.78 is 0. The second kappa shape index (κ2) is 12.8. The molecule has 0 bridgehead atoms. The minimum atomic E-state index is 0.00979. The number of hydrogen-bond donors (Lipinski definition) is 2. The third-order valence-electron chi connectivity index (χ3n) is 7.91. The van der Waals surface area contributed by atoms with Crippen LogP contribution in [0.3, 0.4) is 0 Å². The van der Waals surface area contributed by atoms with Crippen molar-refractivity contribution >= 4 is 28.6 Å². The number of nitrogens with one attached hydrogen (secondary N) is 2. The summed E-state index contributed by atoms with van der Waals surface area (Å²) in [5.74, 6) is 1.89. The topological polar surface area (TPSA) is 66.0 Å². The summed E-state index contributed by atoms with van der Waals surface area (Å²) in [4.78, 5) is 17.2. The summed E-state index contributed by atoms with van der Waals surface area (Å²) in [6.07, 6.45) is 6.08. The molecule has 41 heavy (non-hydrogen) atoms. The first-order valence-electron chi connectivity index (χ1n) is 14.8. The van der Waals surface area contributed by atoms with Crippen LogP contribution in [0.2, 0.25) is 0 Å². The number of benzene rings is 4. The van der Waals surface area contributed by atoms with E-state index >= 15 is 0 Å². The third-order valence-corrected chi connectivity index (χ3v) is 7.91. The normalized spacial score (nSPS) is 14.5. The van der Waals surface area contributed by atoms with Gasteiger partial charge in [0, 0.05) is 19.1 Å². The fourth-order valence-electron chi connectivity index (χ4n) is 5.77. The molecule has 0 spiro atoms. The van der Waals surface area contributed by atoms with Gasteiger partial charge in [-0.3, -0.25) is 0 Å². The fourth-order valence-corrected chi connectivity index (χ4v) is 5.77. The van der Waals surface area contributed by atoms with Crippen molar-refractivity contribution < 1.29 is 0 Å². The van der Waals surface area contributed by atoms with Crippen molar-refractivity contribution in [1.82, 2.24) is 15.0 Å². The molecule has 2 N–H and O–H groups in total. The Balaban J connectivity index is 1.35. The summed E-state index contributed by atoms with van der Waals surface area (Å²) in [6.45, 7) is 3.56. The molecular weight excluding hydrogens is 504 g/mol. The molecule has 0 saturated heterocycles. The quantitative estimate of drug-likeness (QED) is 0.186. The molecule has 6 nitrogen and oxygen atoms in total. The minimum absolute atomic E-state index is 0.00979. The molecule has 0 aliphatic heterocycles. The van der Waals surface area contributed by atoms with Gasteiger partial charge in [0.15, 0.2) is 0 Å². The first-order chi connectivity index (χ1) is 20.2. The Morgan fingerprint density at radius 2 is 1.29 bits per heavy atom. The van der Waals surface area contributed by atoms with E-state index in [9.17, 15) is 0 Å². The van der Waals surface area contributed by atoms with Crippen LogP contribution in [-0.2, 0) is 13.1 Å². The Labute approximate surface area is 242 Å². The lowest BCUT2D eigenvalue weighted by molar-refractivity contribution is 0.460. The number of aromatic nitrogens is 3. The Hall–Kier alpha value is -4.45. The smallest absolute Gasteiger partial charge is 0.232 e. The molecule has 1 heterocycles. The average molecular weight is 543 g/mol. The molecular formula is C35H38N6. The fraction of sp³-hybridized carbons (Fsp3) is 0.286. The number of anilines is 3. The molecule has 6 rings (SSSR count). The summed E-state index contributed by atoms with van der Waals surface area (Å²) in [5.41, 5.74) is 3.64. The molecule has 1 aromatic heterocycles. The molecule has 0 unspecified atom stereocenters. The van der Waals surface area contributed by atoms with Gasteiger partial charge >= 0.3 is 0 Å². The van der Waals surface area contributed by atoms with E-state index in [1.165, 1.54) is 46.7 Å². The van der Waals surface area contributed by atoms with Crippen molar-refractivity contribution in [2.75, 3.05) is 15.5 Å². The second-order valence-electron chi connectivity index (χ2n) is 11.0. The second-order valence-corrected chi connectivity index (χ2v) is 11.0. The number of rotatable bonds is 10. The number of fused-ring (bicyclic) bond motifs is 1. The monoisotopic (exact) mass is 542 g/mol. The number of nitrogens with zero attached hydrogens (tertiary/aromatic N) is 4. The van der Waals surface area contributed by atoms with E-state index in [-0.39, 0.29) is 6.04 Å². The Morgan fingerprint density at radius 3 is 2.00 bits per heavy atom. The summed E-state index contributed by atoms with van der Waals surface area (Å²) in [5, 5.41) is 9.74. The molecule has 1 aliphatic rings. The van der Waals surface area contributed by atoms with E-state index in [4.69, 9.17) is 15.0 Å². The van der Waals surface area contributed by atoms with Gasteiger partial charge in [0.1, 0.15) is 0 Å². The molecule has 1 saturated carbocycles. The SMILES string of the molecule is C[C@H](Nc1nc(NC2CCCCC2)nc(N(Cc2ccccc2)Cc2ccccc2)n1)c1cccc2ccccc12. The van der Waals surface area contributed by atoms with Crippen molar-refractivity contribution in [3.8, 4) is 0 Å². The Bertz CT molecular complexity index is 1500. The van der Waals surface area contributed by atoms with Crippen LogP contribution < -0.4 is 15.5 Å². The molecule has 0 radical (unpaired) electrons. The van der Waals surface area contributed by atoms with Gasteiger partial charge in [-0.05, 0) is 47.2 Å². The van der Waals surface area contributed by atoms with E-state index in [0.29, 0.717) is 37.0 Å². The molecule has 1 aliphatic carbocycles. The van der Waals surface area contributed by atoms with E-state index in [1.54, 1.807) is 0 Å². The van der Waals surface area contributed by atoms with Gasteiger partial charge in [0.2, 0.25) is 17.8 Å². The molecule has 1 fully saturated rings. The van der Waals surface area contributed by atoms with Crippen LogP contribution in [0, 0.1) is 0 Å². The highest BCUT2D eigenvalue weighted by Gasteiger charge is 2.20. The van der Waals surface area contributed by atoms with Crippen LogP contribution in [-0.4, -0.2) is 21.0 Å². The molecule has 6 heteroatoms. The average Bonchev–Trinajstić information content (AvgIpc) is 3.02. The summed E-state index contributed by atoms with van der Waals surface area (Å²) in [7, 11) is 0. The van der Waals surface area contributed by atoms with Crippen LogP contribution in [0.5, 0.6) is 0 Å². The van der Waals surface area contributed by atoms with Crippen LogP contribution in [0.1, 0.15) is 61.8 Å². The largest absolute Gasteiger partial charge is 0.351 e. The highest BCUT2D eigenvalue weighted by molar-refractivity contribution is 5.86. The van der Waals surface area contributed by atoms with Gasteiger partial charge < -0.3 is 15.5 Å². The van der Waals surface area contributed by atoms with Crippen LogP contribution >= 0.6 is 0 Å². The number of hydrogen-bond acceptors (Lipinski definition) is 6. The highest BCUT2D eigenvalue weighted by atomic mass is 15.3. The van der Waals surface area contributed by atoms with Gasteiger partial charge in [-0.1, -0.05) is 122 Å². The third kappa shape index (κ3) is 6.83. The lowest BCUT2D eigenvalue weighted by Gasteiger charge is -2.26. The highest BCUT2D eigenvalue weighted by Crippen LogP contribution is 2.28. The zero-order chi connectivity index (χ0) is 27.9. The maximum atomic E-state index is 5.02. The van der Waals surface area contributed by atoms with E-state index in [1.807, 2.05) is 0 Å². The van der Waals surface area contributed by atoms with Gasteiger partial charge in [-0.25, -0.2) is 0 Å². The summed E-state index contributed by atoms with van der Waals surface area (Å²) in [6, 6.07) is 36.4. The zero-order valence-corrected chi connectivity index (χ0v) is 23.7. The van der Waals surface area contributed by atoms with Gasteiger partial charge in [-0.2, -0.15) is 15.0 Å². The lowest BCUT2D eigenvalue weighted by Crippen LogP contribution is -2.28. The van der Waals surface area contributed by atoms with Crippen molar-refractivity contribution in [2.24, 2.45) is 0 Å². The molecule has 1 atom stereocenters. The van der Waals surface area contributed by atoms with Crippen LogP contribution in [0.25, 0.3) is 10.8 Å². The maximum absolute atomic E-state index is 5.02. The van der Waals surface area contributed by atoms with Gasteiger partial charge in [-0.15, -0.1) is 0 Å². The molecule has 208 valence electrons. The molecule has 5 aromatic rings. The first-order valence-corrected chi connectivity index (χ1v) is 14.8. The Kier molecular flexibility index (Phi) is 8.36. The Morgan fingerprint density at radius 1 is 0.683 bits per heavy atom. The summed E-state index contributed by atoms with van der Waals surface area (Å²) >= 11 is 0. The van der Waals surface area contributed by atoms with Crippen molar-refractivity contribution in [3.63, 3.8) is 0 Å². The first kappa shape index (κ1) is 26.8. The van der Waals surface area contributed by atoms with Gasteiger partial charge in [0.25, 0.3) is 0 Å². The van der Waals surface area contributed by atoms with E-state index < -0.39 is 0 Å². The van der Waals surface area contributed by atoms with Crippen LogP contribution in [0.4, 0.5) is 17.8 Å².